The summed E-state index contributed by atoms with van der Waals surface area (Å²) < 4.78 is 0. The Labute approximate surface area is 101 Å². The Morgan fingerprint density at radius 3 is 3.06 bits per heavy atom. The molecule has 0 spiro atoms. The second-order valence-corrected chi connectivity index (χ2v) is 3.57. The van der Waals surface area contributed by atoms with Crippen molar-refractivity contribution in [1.29, 1.82) is 5.26 Å². The molecule has 5 heteroatoms. The van der Waals surface area contributed by atoms with Gasteiger partial charge in [-0.05, 0) is 18.6 Å². The quantitative estimate of drug-likeness (QED) is 0.774. The lowest BCUT2D eigenvalue weighted by Crippen LogP contribution is -2.25. The van der Waals surface area contributed by atoms with E-state index in [2.05, 4.69) is 15.6 Å². The Morgan fingerprint density at radius 1 is 1.53 bits per heavy atom. The van der Waals surface area contributed by atoms with E-state index in [4.69, 9.17) is 5.26 Å². The van der Waals surface area contributed by atoms with Gasteiger partial charge in [0.05, 0.1) is 11.6 Å². The number of nitrogens with one attached hydrogen (secondary N) is 2. The normalized spacial score (nSPS) is 9.41. The summed E-state index contributed by atoms with van der Waals surface area (Å²) in [6.07, 6.45) is 2.90. The van der Waals surface area contributed by atoms with E-state index in [0.29, 0.717) is 30.9 Å². The first-order valence-corrected chi connectivity index (χ1v) is 5.63. The lowest BCUT2D eigenvalue weighted by atomic mass is 10.3. The number of nitriles is 1. The van der Waals surface area contributed by atoms with Crippen LogP contribution in [-0.4, -0.2) is 24.0 Å². The Morgan fingerprint density at radius 2 is 2.35 bits per heavy atom. The first kappa shape index (κ1) is 13.0. The predicted octanol–water partition coefficient (Wildman–Crippen LogP) is 1.28. The lowest BCUT2D eigenvalue weighted by molar-refractivity contribution is -0.120. The molecule has 0 unspecified atom stereocenters. The molecule has 1 aromatic rings. The van der Waals surface area contributed by atoms with Gasteiger partial charge >= 0.3 is 0 Å². The van der Waals surface area contributed by atoms with Crippen LogP contribution in [0.3, 0.4) is 0 Å². The van der Waals surface area contributed by atoms with Gasteiger partial charge in [0.25, 0.3) is 0 Å². The average Bonchev–Trinajstić information content (AvgIpc) is 2.36. The van der Waals surface area contributed by atoms with E-state index in [1.807, 2.05) is 13.0 Å². The molecule has 0 saturated heterocycles. The molecule has 1 aromatic heterocycles. The first-order valence-electron chi connectivity index (χ1n) is 5.63. The van der Waals surface area contributed by atoms with Crippen LogP contribution in [0.25, 0.3) is 0 Å². The zero-order valence-corrected chi connectivity index (χ0v) is 9.86. The van der Waals surface area contributed by atoms with Crippen molar-refractivity contribution >= 4 is 11.7 Å². The molecule has 17 heavy (non-hydrogen) atoms. The SMILES string of the molecule is CCCNC(=O)CCNc1cc(C#N)ccn1. The van der Waals surface area contributed by atoms with Crippen molar-refractivity contribution in [2.24, 2.45) is 0 Å². The zero-order valence-electron chi connectivity index (χ0n) is 9.86. The van der Waals surface area contributed by atoms with Gasteiger partial charge in [-0.3, -0.25) is 4.79 Å². The van der Waals surface area contributed by atoms with E-state index >= 15 is 0 Å². The summed E-state index contributed by atoms with van der Waals surface area (Å²) in [5, 5.41) is 14.5. The molecular formula is C12H16N4O. The maximum Gasteiger partial charge on any atom is 0.221 e. The number of pyridine rings is 1. The number of aromatic nitrogens is 1. The summed E-state index contributed by atoms with van der Waals surface area (Å²) in [6, 6.07) is 5.33. The molecule has 1 rings (SSSR count). The van der Waals surface area contributed by atoms with E-state index < -0.39 is 0 Å². The molecule has 0 saturated carbocycles. The summed E-state index contributed by atoms with van der Waals surface area (Å²) in [6.45, 7) is 3.23. The number of amides is 1. The number of rotatable bonds is 6. The van der Waals surface area contributed by atoms with E-state index in [-0.39, 0.29) is 5.91 Å². The van der Waals surface area contributed by atoms with Crippen molar-refractivity contribution in [1.82, 2.24) is 10.3 Å². The number of hydrogen-bond donors (Lipinski definition) is 2. The standard InChI is InChI=1S/C12H16N4O/c1-2-5-16-12(17)4-7-15-11-8-10(9-13)3-6-14-11/h3,6,8H,2,4-5,7H2,1H3,(H,14,15)(H,16,17). The van der Waals surface area contributed by atoms with Crippen molar-refractivity contribution < 1.29 is 4.79 Å². The van der Waals surface area contributed by atoms with Gasteiger partial charge in [0.15, 0.2) is 0 Å². The summed E-state index contributed by atoms with van der Waals surface area (Å²) in [4.78, 5) is 15.3. The van der Waals surface area contributed by atoms with Crippen LogP contribution >= 0.6 is 0 Å². The average molecular weight is 232 g/mol. The summed E-state index contributed by atoms with van der Waals surface area (Å²) in [5.74, 6) is 0.642. The third kappa shape index (κ3) is 4.98. The van der Waals surface area contributed by atoms with Gasteiger partial charge in [-0.2, -0.15) is 5.26 Å². The smallest absolute Gasteiger partial charge is 0.221 e. The first-order chi connectivity index (χ1) is 8.26. The highest BCUT2D eigenvalue weighted by atomic mass is 16.1. The molecule has 0 atom stereocenters. The maximum absolute atomic E-state index is 11.3. The molecule has 0 aliphatic carbocycles. The van der Waals surface area contributed by atoms with Crippen LogP contribution in [0.4, 0.5) is 5.82 Å². The second-order valence-electron chi connectivity index (χ2n) is 3.57. The third-order valence-electron chi connectivity index (χ3n) is 2.12. The van der Waals surface area contributed by atoms with Gasteiger partial charge in [-0.25, -0.2) is 4.98 Å². The van der Waals surface area contributed by atoms with E-state index in [1.54, 1.807) is 18.3 Å². The molecule has 1 heterocycles. The fraction of sp³-hybridized carbons (Fsp3) is 0.417. The highest BCUT2D eigenvalue weighted by molar-refractivity contribution is 5.76. The highest BCUT2D eigenvalue weighted by Crippen LogP contribution is 2.05. The van der Waals surface area contributed by atoms with E-state index in [0.717, 1.165) is 6.42 Å². The van der Waals surface area contributed by atoms with Gasteiger partial charge in [-0.1, -0.05) is 6.92 Å². The van der Waals surface area contributed by atoms with Gasteiger partial charge < -0.3 is 10.6 Å². The van der Waals surface area contributed by atoms with Crippen LogP contribution in [0, 0.1) is 11.3 Å². The minimum Gasteiger partial charge on any atom is -0.370 e. The van der Waals surface area contributed by atoms with Crippen LogP contribution < -0.4 is 10.6 Å². The Bertz CT molecular complexity index is 411. The van der Waals surface area contributed by atoms with Crippen LogP contribution in [-0.2, 0) is 4.79 Å². The highest BCUT2D eigenvalue weighted by Gasteiger charge is 2.00. The molecule has 1 amide bonds. The summed E-state index contributed by atoms with van der Waals surface area (Å²) in [5.41, 5.74) is 0.554. The lowest BCUT2D eigenvalue weighted by Gasteiger charge is -2.06. The van der Waals surface area contributed by atoms with Crippen molar-refractivity contribution in [3.8, 4) is 6.07 Å². The topological polar surface area (TPSA) is 77.8 Å². The third-order valence-corrected chi connectivity index (χ3v) is 2.12. The monoisotopic (exact) mass is 232 g/mol. The summed E-state index contributed by atoms with van der Waals surface area (Å²) >= 11 is 0. The van der Waals surface area contributed by atoms with Crippen molar-refractivity contribution in [3.05, 3.63) is 23.9 Å². The molecule has 0 fully saturated rings. The zero-order chi connectivity index (χ0) is 12.5. The molecule has 0 aliphatic rings. The predicted molar refractivity (Wildman–Crippen MR) is 65.4 cm³/mol. The van der Waals surface area contributed by atoms with Gasteiger partial charge in [-0.15, -0.1) is 0 Å². The van der Waals surface area contributed by atoms with Crippen molar-refractivity contribution in [3.63, 3.8) is 0 Å². The number of nitrogens with zero attached hydrogens (tertiary/aromatic N) is 2. The fourth-order valence-electron chi connectivity index (χ4n) is 1.25. The fourth-order valence-corrected chi connectivity index (χ4v) is 1.25. The van der Waals surface area contributed by atoms with Gasteiger partial charge in [0.2, 0.25) is 5.91 Å². The van der Waals surface area contributed by atoms with E-state index in [1.165, 1.54) is 0 Å². The largest absolute Gasteiger partial charge is 0.370 e. The Hall–Kier alpha value is -2.09. The second kappa shape index (κ2) is 7.23. The van der Waals surface area contributed by atoms with Crippen molar-refractivity contribution in [2.75, 3.05) is 18.4 Å². The molecular weight excluding hydrogens is 216 g/mol. The van der Waals surface area contributed by atoms with Crippen LogP contribution in [0.15, 0.2) is 18.3 Å². The summed E-state index contributed by atoms with van der Waals surface area (Å²) in [7, 11) is 0. The number of carbonyl (C=O) groups is 1. The Balaban J connectivity index is 2.31. The molecule has 0 aliphatic heterocycles. The molecule has 90 valence electrons. The Kier molecular flexibility index (Phi) is 5.52. The van der Waals surface area contributed by atoms with Crippen molar-refractivity contribution in [2.45, 2.75) is 19.8 Å². The van der Waals surface area contributed by atoms with Gasteiger partial charge in [0, 0.05) is 25.7 Å². The van der Waals surface area contributed by atoms with Gasteiger partial charge in [0.1, 0.15) is 5.82 Å². The number of hydrogen-bond acceptors (Lipinski definition) is 4. The molecule has 0 bridgehead atoms. The van der Waals surface area contributed by atoms with E-state index in [9.17, 15) is 4.79 Å². The van der Waals surface area contributed by atoms with Crippen LogP contribution in [0.2, 0.25) is 0 Å². The molecule has 2 N–H and O–H groups in total. The van der Waals surface area contributed by atoms with Crippen LogP contribution in [0.1, 0.15) is 25.3 Å². The maximum atomic E-state index is 11.3. The molecule has 0 aromatic carbocycles. The minimum absolute atomic E-state index is 0.0239. The molecule has 5 nitrogen and oxygen atoms in total. The number of anilines is 1. The number of carbonyl (C=O) groups excluding carboxylic acids is 1. The van der Waals surface area contributed by atoms with Crippen LogP contribution in [0.5, 0.6) is 0 Å². The molecule has 0 radical (unpaired) electrons. The minimum atomic E-state index is 0.0239.